The number of hydrogen-bond acceptors (Lipinski definition) is 4. The fourth-order valence-corrected chi connectivity index (χ4v) is 2.53. The minimum absolute atomic E-state index is 0.152. The van der Waals surface area contributed by atoms with Crippen LogP contribution in [0.25, 0.3) is 0 Å². The van der Waals surface area contributed by atoms with Gasteiger partial charge in [-0.3, -0.25) is 9.48 Å². The van der Waals surface area contributed by atoms with Gasteiger partial charge in [0.25, 0.3) is 5.91 Å². The molecule has 3 rings (SSSR count). The van der Waals surface area contributed by atoms with Crippen LogP contribution in [0.15, 0.2) is 54.9 Å². The Bertz CT molecular complexity index is 825. The average Bonchev–Trinajstić information content (AvgIpc) is 3.30. The van der Waals surface area contributed by atoms with Crippen molar-refractivity contribution in [2.24, 2.45) is 0 Å². The highest BCUT2D eigenvalue weighted by molar-refractivity contribution is 5.92. The van der Waals surface area contributed by atoms with Crippen molar-refractivity contribution < 1.29 is 9.53 Å². The number of carbonyl (C=O) groups is 1. The van der Waals surface area contributed by atoms with Gasteiger partial charge in [-0.2, -0.15) is 10.2 Å². The molecular weight excluding hydrogens is 318 g/mol. The van der Waals surface area contributed by atoms with E-state index in [-0.39, 0.29) is 18.7 Å². The molecule has 25 heavy (non-hydrogen) atoms. The zero-order valence-electron chi connectivity index (χ0n) is 14.3. The van der Waals surface area contributed by atoms with Gasteiger partial charge in [0, 0.05) is 18.9 Å². The van der Waals surface area contributed by atoms with Crippen molar-refractivity contribution in [3.05, 3.63) is 66.2 Å². The van der Waals surface area contributed by atoms with Gasteiger partial charge in [0.05, 0.1) is 11.7 Å². The molecule has 130 valence electrons. The molecule has 0 aliphatic rings. The Morgan fingerprint density at radius 1 is 1.24 bits per heavy atom. The van der Waals surface area contributed by atoms with Crippen molar-refractivity contribution in [3.8, 4) is 5.75 Å². The number of amides is 1. The molecule has 0 bridgehead atoms. The van der Waals surface area contributed by atoms with E-state index >= 15 is 0 Å². The molecule has 2 heterocycles. The van der Waals surface area contributed by atoms with Crippen LogP contribution >= 0.6 is 0 Å². The molecule has 0 aliphatic heterocycles. The fraction of sp³-hybridized carbons (Fsp3) is 0.278. The van der Waals surface area contributed by atoms with E-state index in [0.29, 0.717) is 5.69 Å². The van der Waals surface area contributed by atoms with E-state index in [1.807, 2.05) is 54.9 Å². The van der Waals surface area contributed by atoms with Crippen molar-refractivity contribution in [1.82, 2.24) is 24.9 Å². The smallest absolute Gasteiger partial charge is 0.272 e. The van der Waals surface area contributed by atoms with Gasteiger partial charge < -0.3 is 10.1 Å². The van der Waals surface area contributed by atoms with Gasteiger partial charge >= 0.3 is 0 Å². The Balaban J connectivity index is 1.59. The van der Waals surface area contributed by atoms with Crippen LogP contribution in [-0.2, 0) is 13.3 Å². The Morgan fingerprint density at radius 3 is 2.80 bits per heavy atom. The largest absolute Gasteiger partial charge is 0.471 e. The second kappa shape index (κ2) is 7.65. The molecule has 0 saturated carbocycles. The molecule has 0 fully saturated rings. The van der Waals surface area contributed by atoms with E-state index in [1.165, 1.54) is 0 Å². The minimum Gasteiger partial charge on any atom is -0.471 e. The van der Waals surface area contributed by atoms with Gasteiger partial charge in [-0.1, -0.05) is 18.2 Å². The molecule has 1 amide bonds. The maximum absolute atomic E-state index is 12.4. The molecule has 0 aliphatic carbocycles. The number of rotatable bonds is 7. The van der Waals surface area contributed by atoms with Crippen molar-refractivity contribution >= 4 is 5.91 Å². The van der Waals surface area contributed by atoms with Crippen LogP contribution in [0.4, 0.5) is 0 Å². The number of ether oxygens (including phenoxy) is 1. The van der Waals surface area contributed by atoms with Gasteiger partial charge in [-0.25, -0.2) is 4.68 Å². The van der Waals surface area contributed by atoms with E-state index < -0.39 is 0 Å². The second-order valence-electron chi connectivity index (χ2n) is 5.59. The first-order chi connectivity index (χ1) is 12.2. The van der Waals surface area contributed by atoms with Gasteiger partial charge in [0.2, 0.25) is 0 Å². The minimum atomic E-state index is -0.227. The lowest BCUT2D eigenvalue weighted by Gasteiger charge is -2.14. The first-order valence-electron chi connectivity index (χ1n) is 8.21. The molecule has 1 aromatic carbocycles. The molecule has 2 aromatic heterocycles. The third kappa shape index (κ3) is 4.06. The normalized spacial score (nSPS) is 11.9. The van der Waals surface area contributed by atoms with E-state index in [0.717, 1.165) is 18.0 Å². The SMILES string of the molecule is CCn1nccc1C(C)NC(=O)c1ccn(COc2ccccc2)n1. The number of aryl methyl sites for hydroxylation is 1. The molecule has 0 spiro atoms. The summed E-state index contributed by atoms with van der Waals surface area (Å²) in [5, 5.41) is 11.4. The molecule has 0 saturated heterocycles. The van der Waals surface area contributed by atoms with Crippen LogP contribution in [0.3, 0.4) is 0 Å². The summed E-state index contributed by atoms with van der Waals surface area (Å²) in [4.78, 5) is 12.4. The molecule has 7 nitrogen and oxygen atoms in total. The van der Waals surface area contributed by atoms with Crippen molar-refractivity contribution in [3.63, 3.8) is 0 Å². The summed E-state index contributed by atoms with van der Waals surface area (Å²) in [7, 11) is 0. The number of nitrogens with zero attached hydrogens (tertiary/aromatic N) is 4. The van der Waals surface area contributed by atoms with Gasteiger partial charge in [-0.15, -0.1) is 0 Å². The number of nitrogens with one attached hydrogen (secondary N) is 1. The van der Waals surface area contributed by atoms with E-state index in [2.05, 4.69) is 15.5 Å². The molecule has 7 heteroatoms. The summed E-state index contributed by atoms with van der Waals surface area (Å²) in [6.45, 7) is 4.94. The van der Waals surface area contributed by atoms with Crippen LogP contribution < -0.4 is 10.1 Å². The fourth-order valence-electron chi connectivity index (χ4n) is 2.53. The number of aromatic nitrogens is 4. The lowest BCUT2D eigenvalue weighted by Crippen LogP contribution is -2.28. The van der Waals surface area contributed by atoms with Gasteiger partial charge in [0.15, 0.2) is 6.73 Å². The quantitative estimate of drug-likeness (QED) is 0.718. The number of para-hydroxylation sites is 1. The third-order valence-electron chi connectivity index (χ3n) is 3.82. The topological polar surface area (TPSA) is 74.0 Å². The lowest BCUT2D eigenvalue weighted by atomic mass is 10.2. The average molecular weight is 339 g/mol. The maximum Gasteiger partial charge on any atom is 0.272 e. The van der Waals surface area contributed by atoms with Crippen molar-refractivity contribution in [1.29, 1.82) is 0 Å². The summed E-state index contributed by atoms with van der Waals surface area (Å²) in [5.41, 5.74) is 1.31. The van der Waals surface area contributed by atoms with E-state index in [4.69, 9.17) is 4.74 Å². The van der Waals surface area contributed by atoms with Crippen LogP contribution in [0.5, 0.6) is 5.75 Å². The Hall–Kier alpha value is -3.09. The van der Waals surface area contributed by atoms with Crippen molar-refractivity contribution in [2.75, 3.05) is 0 Å². The first-order valence-corrected chi connectivity index (χ1v) is 8.21. The Labute approximate surface area is 146 Å². The Kier molecular flexibility index (Phi) is 5.13. The zero-order chi connectivity index (χ0) is 17.6. The van der Waals surface area contributed by atoms with E-state index in [9.17, 15) is 4.79 Å². The highest BCUT2D eigenvalue weighted by Gasteiger charge is 2.16. The summed E-state index contributed by atoms with van der Waals surface area (Å²) in [5.74, 6) is 0.528. The molecule has 0 radical (unpaired) electrons. The first kappa shape index (κ1) is 16.8. The predicted molar refractivity (Wildman–Crippen MR) is 93.1 cm³/mol. The summed E-state index contributed by atoms with van der Waals surface area (Å²) in [6, 6.07) is 12.9. The summed E-state index contributed by atoms with van der Waals surface area (Å²) >= 11 is 0. The molecular formula is C18H21N5O2. The Morgan fingerprint density at radius 2 is 2.04 bits per heavy atom. The van der Waals surface area contributed by atoms with Gasteiger partial charge in [-0.05, 0) is 38.1 Å². The molecule has 3 aromatic rings. The van der Waals surface area contributed by atoms with Crippen LogP contribution in [0.2, 0.25) is 0 Å². The standard InChI is InChI=1S/C18H21N5O2/c1-3-23-17(9-11-19-23)14(2)20-18(24)16-10-12-22(21-16)13-25-15-7-5-4-6-8-15/h4-12,14H,3,13H2,1-2H3,(H,20,24). The second-order valence-corrected chi connectivity index (χ2v) is 5.59. The highest BCUT2D eigenvalue weighted by atomic mass is 16.5. The zero-order valence-corrected chi connectivity index (χ0v) is 14.3. The number of benzene rings is 1. The molecule has 1 unspecified atom stereocenters. The van der Waals surface area contributed by atoms with E-state index in [1.54, 1.807) is 23.1 Å². The highest BCUT2D eigenvalue weighted by Crippen LogP contribution is 2.13. The summed E-state index contributed by atoms with van der Waals surface area (Å²) < 4.78 is 9.06. The summed E-state index contributed by atoms with van der Waals surface area (Å²) in [6.07, 6.45) is 3.45. The lowest BCUT2D eigenvalue weighted by molar-refractivity contribution is 0.0931. The number of carbonyl (C=O) groups excluding carboxylic acids is 1. The monoisotopic (exact) mass is 339 g/mol. The maximum atomic E-state index is 12.4. The van der Waals surface area contributed by atoms with Crippen LogP contribution in [0.1, 0.15) is 36.1 Å². The molecule has 1 N–H and O–H groups in total. The number of hydrogen-bond donors (Lipinski definition) is 1. The van der Waals surface area contributed by atoms with Crippen LogP contribution in [-0.4, -0.2) is 25.5 Å². The van der Waals surface area contributed by atoms with Crippen molar-refractivity contribution in [2.45, 2.75) is 33.2 Å². The molecule has 1 atom stereocenters. The third-order valence-corrected chi connectivity index (χ3v) is 3.82. The van der Waals surface area contributed by atoms with Crippen LogP contribution in [0, 0.1) is 0 Å². The van der Waals surface area contributed by atoms with Gasteiger partial charge in [0.1, 0.15) is 11.4 Å². The predicted octanol–water partition coefficient (Wildman–Crippen LogP) is 2.63.